The van der Waals surface area contributed by atoms with Crippen molar-refractivity contribution in [1.82, 2.24) is 5.32 Å². The molecule has 1 rings (SSSR count). The molecule has 2 N–H and O–H groups in total. The van der Waals surface area contributed by atoms with Crippen LogP contribution in [0, 0.1) is 0 Å². The van der Waals surface area contributed by atoms with Crippen molar-refractivity contribution in [2.75, 3.05) is 0 Å². The summed E-state index contributed by atoms with van der Waals surface area (Å²) in [6, 6.07) is 6.79. The maximum Gasteiger partial charge on any atom is 0.234 e. The summed E-state index contributed by atoms with van der Waals surface area (Å²) in [6.45, 7) is 3.83. The highest BCUT2D eigenvalue weighted by molar-refractivity contribution is 9.10. The van der Waals surface area contributed by atoms with Crippen LogP contribution in [0.5, 0.6) is 5.75 Å². The first kappa shape index (κ1) is 13.0. The largest absolute Gasteiger partial charge is 0.508 e. The van der Waals surface area contributed by atoms with E-state index in [1.807, 2.05) is 19.9 Å². The Morgan fingerprint density at radius 1 is 1.56 bits per heavy atom. The van der Waals surface area contributed by atoms with Crippen LogP contribution in [0.25, 0.3) is 0 Å². The summed E-state index contributed by atoms with van der Waals surface area (Å²) < 4.78 is 0. The van der Waals surface area contributed by atoms with Crippen LogP contribution in [0.2, 0.25) is 0 Å². The molecule has 0 bridgehead atoms. The fraction of sp³-hybridized carbons (Fsp3) is 0.417. The van der Waals surface area contributed by atoms with Crippen molar-refractivity contribution in [1.29, 1.82) is 0 Å². The summed E-state index contributed by atoms with van der Waals surface area (Å²) in [7, 11) is 0. The third kappa shape index (κ3) is 3.52. The highest BCUT2D eigenvalue weighted by Gasteiger charge is 2.15. The number of carbonyl (C=O) groups is 1. The molecule has 0 saturated carbocycles. The minimum atomic E-state index is -0.160. The normalized spacial score (nSPS) is 14.2. The molecule has 16 heavy (non-hydrogen) atoms. The average molecular weight is 286 g/mol. The summed E-state index contributed by atoms with van der Waals surface area (Å²) >= 11 is 3.30. The van der Waals surface area contributed by atoms with Gasteiger partial charge in [0.1, 0.15) is 5.75 Å². The van der Waals surface area contributed by atoms with Gasteiger partial charge in [-0.2, -0.15) is 0 Å². The number of nitrogens with one attached hydrogen (secondary N) is 1. The molecule has 0 aliphatic rings. The second kappa shape index (κ2) is 5.89. The van der Waals surface area contributed by atoms with E-state index in [9.17, 15) is 9.90 Å². The number of hydrogen-bond acceptors (Lipinski definition) is 2. The molecule has 2 unspecified atom stereocenters. The van der Waals surface area contributed by atoms with Crippen LogP contribution in [0.4, 0.5) is 0 Å². The van der Waals surface area contributed by atoms with E-state index < -0.39 is 0 Å². The van der Waals surface area contributed by atoms with Crippen molar-refractivity contribution in [3.63, 3.8) is 0 Å². The molecular formula is C12H16BrNO2. The van der Waals surface area contributed by atoms with Crippen molar-refractivity contribution >= 4 is 21.8 Å². The van der Waals surface area contributed by atoms with Gasteiger partial charge in [-0.05, 0) is 31.0 Å². The third-order valence-electron chi connectivity index (χ3n) is 2.37. The summed E-state index contributed by atoms with van der Waals surface area (Å²) in [5.74, 6) is 0.183. The maximum absolute atomic E-state index is 11.6. The molecule has 0 radical (unpaired) electrons. The highest BCUT2D eigenvalue weighted by Crippen LogP contribution is 2.18. The van der Waals surface area contributed by atoms with Crippen LogP contribution in [0.3, 0.4) is 0 Å². The van der Waals surface area contributed by atoms with Crippen molar-refractivity contribution in [3.8, 4) is 5.75 Å². The molecule has 0 spiro atoms. The third-order valence-corrected chi connectivity index (χ3v) is 3.44. The summed E-state index contributed by atoms with van der Waals surface area (Å²) in [5.41, 5.74) is 0.893. The molecule has 0 aromatic heterocycles. The Labute approximate surface area is 104 Å². The van der Waals surface area contributed by atoms with Crippen molar-refractivity contribution in [2.24, 2.45) is 0 Å². The second-order valence-corrected chi connectivity index (χ2v) is 4.81. The Bertz CT molecular complexity index is 368. The van der Waals surface area contributed by atoms with Crippen LogP contribution in [-0.2, 0) is 4.79 Å². The Hall–Kier alpha value is -1.03. The van der Waals surface area contributed by atoms with E-state index in [0.29, 0.717) is 0 Å². The molecule has 1 amide bonds. The minimum Gasteiger partial charge on any atom is -0.508 e. The number of hydrogen-bond donors (Lipinski definition) is 2. The summed E-state index contributed by atoms with van der Waals surface area (Å²) in [4.78, 5) is 11.5. The lowest BCUT2D eigenvalue weighted by Gasteiger charge is -2.16. The zero-order chi connectivity index (χ0) is 12.1. The highest BCUT2D eigenvalue weighted by atomic mass is 79.9. The Morgan fingerprint density at radius 2 is 2.25 bits per heavy atom. The molecule has 1 aromatic rings. The lowest BCUT2D eigenvalue weighted by molar-refractivity contribution is -0.121. The number of carbonyl (C=O) groups excluding carboxylic acids is 1. The molecule has 0 fully saturated rings. The van der Waals surface area contributed by atoms with Gasteiger partial charge in [-0.3, -0.25) is 4.79 Å². The van der Waals surface area contributed by atoms with E-state index in [1.165, 1.54) is 0 Å². The van der Waals surface area contributed by atoms with Gasteiger partial charge in [-0.25, -0.2) is 0 Å². The molecule has 2 atom stereocenters. The Kier molecular flexibility index (Phi) is 4.80. The monoisotopic (exact) mass is 285 g/mol. The maximum atomic E-state index is 11.6. The Balaban J connectivity index is 2.65. The fourth-order valence-corrected chi connectivity index (χ4v) is 1.50. The van der Waals surface area contributed by atoms with Gasteiger partial charge in [0.25, 0.3) is 0 Å². The van der Waals surface area contributed by atoms with Crippen LogP contribution >= 0.6 is 15.9 Å². The van der Waals surface area contributed by atoms with Crippen LogP contribution < -0.4 is 5.32 Å². The van der Waals surface area contributed by atoms with Gasteiger partial charge in [0.15, 0.2) is 0 Å². The minimum absolute atomic E-state index is 0.0293. The Morgan fingerprint density at radius 3 is 2.81 bits per heavy atom. The topological polar surface area (TPSA) is 49.3 Å². The number of rotatable bonds is 4. The van der Waals surface area contributed by atoms with E-state index in [1.54, 1.807) is 18.2 Å². The van der Waals surface area contributed by atoms with Gasteiger partial charge in [0, 0.05) is 0 Å². The SMILES string of the molecule is CCC(Br)C(=O)NC(C)c1cccc(O)c1. The van der Waals surface area contributed by atoms with E-state index in [4.69, 9.17) is 0 Å². The first-order chi connectivity index (χ1) is 7.54. The van der Waals surface area contributed by atoms with Gasteiger partial charge in [0.2, 0.25) is 5.91 Å². The first-order valence-corrected chi connectivity index (χ1v) is 6.19. The molecule has 3 nitrogen and oxygen atoms in total. The molecule has 0 aliphatic heterocycles. The van der Waals surface area contributed by atoms with Gasteiger partial charge < -0.3 is 10.4 Å². The summed E-state index contributed by atoms with van der Waals surface area (Å²) in [6.07, 6.45) is 0.749. The van der Waals surface area contributed by atoms with Gasteiger partial charge in [0.05, 0.1) is 10.9 Å². The average Bonchev–Trinajstić information content (AvgIpc) is 2.27. The molecule has 0 aliphatic carbocycles. The van der Waals surface area contributed by atoms with Gasteiger partial charge in [-0.1, -0.05) is 35.0 Å². The number of phenols is 1. The van der Waals surface area contributed by atoms with Gasteiger partial charge in [-0.15, -0.1) is 0 Å². The number of benzene rings is 1. The smallest absolute Gasteiger partial charge is 0.234 e. The lowest BCUT2D eigenvalue weighted by atomic mass is 10.1. The van der Waals surface area contributed by atoms with E-state index >= 15 is 0 Å². The van der Waals surface area contributed by atoms with E-state index in [2.05, 4.69) is 21.2 Å². The number of alkyl halides is 1. The number of aromatic hydroxyl groups is 1. The summed E-state index contributed by atoms with van der Waals surface area (Å²) in [5, 5.41) is 12.2. The van der Waals surface area contributed by atoms with Crippen LogP contribution in [0.1, 0.15) is 31.9 Å². The molecule has 88 valence electrons. The molecule has 4 heteroatoms. The van der Waals surface area contributed by atoms with Crippen molar-refractivity contribution < 1.29 is 9.90 Å². The predicted octanol–water partition coefficient (Wildman–Crippen LogP) is 2.74. The van der Waals surface area contributed by atoms with E-state index in [0.717, 1.165) is 12.0 Å². The fourth-order valence-electron chi connectivity index (χ4n) is 1.37. The van der Waals surface area contributed by atoms with Crippen LogP contribution in [0.15, 0.2) is 24.3 Å². The molecule has 1 aromatic carbocycles. The first-order valence-electron chi connectivity index (χ1n) is 5.28. The predicted molar refractivity (Wildman–Crippen MR) is 67.7 cm³/mol. The number of phenolic OH excluding ortho intramolecular Hbond substituents is 1. The lowest BCUT2D eigenvalue weighted by Crippen LogP contribution is -2.32. The van der Waals surface area contributed by atoms with Gasteiger partial charge >= 0.3 is 0 Å². The van der Waals surface area contributed by atoms with Crippen molar-refractivity contribution in [3.05, 3.63) is 29.8 Å². The van der Waals surface area contributed by atoms with Crippen molar-refractivity contribution in [2.45, 2.75) is 31.1 Å². The molecule has 0 heterocycles. The van der Waals surface area contributed by atoms with Crippen LogP contribution in [-0.4, -0.2) is 15.8 Å². The number of amides is 1. The zero-order valence-electron chi connectivity index (χ0n) is 9.40. The quantitative estimate of drug-likeness (QED) is 0.836. The number of halogens is 1. The standard InChI is InChI=1S/C12H16BrNO2/c1-3-11(13)12(16)14-8(2)9-5-4-6-10(15)7-9/h4-8,11,15H,3H2,1-2H3,(H,14,16). The molecule has 0 saturated heterocycles. The molecular weight excluding hydrogens is 270 g/mol. The van der Waals surface area contributed by atoms with E-state index in [-0.39, 0.29) is 22.5 Å². The second-order valence-electron chi connectivity index (χ2n) is 3.70. The zero-order valence-corrected chi connectivity index (χ0v) is 11.0.